The molecule has 1 saturated heterocycles. The van der Waals surface area contributed by atoms with Gasteiger partial charge < -0.3 is 14.4 Å². The van der Waals surface area contributed by atoms with Crippen LogP contribution in [0.2, 0.25) is 0 Å². The van der Waals surface area contributed by atoms with Gasteiger partial charge in [0.15, 0.2) is 0 Å². The molecule has 0 bridgehead atoms. The summed E-state index contributed by atoms with van der Waals surface area (Å²) >= 11 is 0. The fourth-order valence-corrected chi connectivity index (χ4v) is 5.17. The van der Waals surface area contributed by atoms with Crippen LogP contribution in [0.1, 0.15) is 45.0 Å². The van der Waals surface area contributed by atoms with Gasteiger partial charge in [0.05, 0.1) is 38.7 Å². The molecule has 1 amide bonds. The highest BCUT2D eigenvalue weighted by molar-refractivity contribution is 5.76. The molecule has 0 N–H and O–H groups in total. The van der Waals surface area contributed by atoms with E-state index in [2.05, 4.69) is 46.4 Å². The second kappa shape index (κ2) is 8.41. The number of piperazine rings is 1. The Kier molecular flexibility index (Phi) is 5.25. The lowest BCUT2D eigenvalue weighted by atomic mass is 9.92. The highest BCUT2D eigenvalue weighted by Crippen LogP contribution is 2.34. The molecule has 0 spiro atoms. The van der Waals surface area contributed by atoms with Crippen LogP contribution in [0.15, 0.2) is 48.8 Å². The van der Waals surface area contributed by atoms with Crippen molar-refractivity contribution in [2.24, 2.45) is 0 Å². The largest absolute Gasteiger partial charge is 0.372 e. The Bertz CT molecular complexity index is 1140. The monoisotopic (exact) mass is 444 g/mol. The van der Waals surface area contributed by atoms with E-state index in [0.717, 1.165) is 18.7 Å². The third-order valence-electron chi connectivity index (χ3n) is 6.98. The van der Waals surface area contributed by atoms with Crippen molar-refractivity contribution < 1.29 is 14.3 Å². The molecule has 0 aliphatic carbocycles. The quantitative estimate of drug-likeness (QED) is 0.618. The lowest BCUT2D eigenvalue weighted by Gasteiger charge is -2.39. The molecule has 0 atom stereocenters. The number of amides is 1. The van der Waals surface area contributed by atoms with Crippen LogP contribution in [0.3, 0.4) is 0 Å². The summed E-state index contributed by atoms with van der Waals surface area (Å²) in [5, 5.41) is 4.19. The minimum Gasteiger partial charge on any atom is -0.372 e. The third-order valence-corrected chi connectivity index (χ3v) is 6.98. The van der Waals surface area contributed by atoms with Crippen molar-refractivity contribution in [3.8, 4) is 0 Å². The van der Waals surface area contributed by atoms with Crippen LogP contribution in [0.25, 0.3) is 0 Å². The van der Waals surface area contributed by atoms with E-state index in [9.17, 15) is 4.79 Å². The van der Waals surface area contributed by atoms with Crippen LogP contribution in [0, 0.1) is 6.92 Å². The Morgan fingerprint density at radius 3 is 1.97 bits per heavy atom. The first-order chi connectivity index (χ1) is 16.2. The minimum absolute atomic E-state index is 0.0522. The number of ether oxygens (including phenoxy) is 2. The summed E-state index contributed by atoms with van der Waals surface area (Å²) in [4.78, 5) is 17.3. The van der Waals surface area contributed by atoms with Crippen molar-refractivity contribution in [1.82, 2.24) is 19.6 Å². The lowest BCUT2D eigenvalue weighted by molar-refractivity contribution is 0.119. The van der Waals surface area contributed by atoms with Crippen molar-refractivity contribution >= 4 is 6.03 Å². The van der Waals surface area contributed by atoms with Gasteiger partial charge in [-0.2, -0.15) is 9.78 Å². The number of benzene rings is 2. The standard InChI is InChI=1S/C26H28N4O3/c1-18-12-27-30(13-18)26(31)29-8-6-28(7-9-29)25(19-2-4-21-14-32-16-23(21)10-19)20-3-5-22-15-33-17-24(22)11-20/h2-5,10-13,25H,6-9,14-17H2,1H3. The Labute approximate surface area is 193 Å². The topological polar surface area (TPSA) is 59.8 Å². The van der Waals surface area contributed by atoms with Crippen LogP contribution in [-0.4, -0.2) is 51.8 Å². The van der Waals surface area contributed by atoms with E-state index < -0.39 is 0 Å². The van der Waals surface area contributed by atoms with E-state index in [1.807, 2.05) is 11.8 Å². The molecule has 7 nitrogen and oxygen atoms in total. The number of carbonyl (C=O) groups is 1. The first-order valence-electron chi connectivity index (χ1n) is 11.6. The molecule has 2 aromatic carbocycles. The van der Waals surface area contributed by atoms with E-state index in [-0.39, 0.29) is 12.1 Å². The molecule has 7 heteroatoms. The summed E-state index contributed by atoms with van der Waals surface area (Å²) in [5.74, 6) is 0. The van der Waals surface area contributed by atoms with Crippen LogP contribution < -0.4 is 0 Å². The molecule has 4 heterocycles. The van der Waals surface area contributed by atoms with Gasteiger partial charge in [-0.1, -0.05) is 36.4 Å². The maximum Gasteiger partial charge on any atom is 0.344 e. The fourth-order valence-electron chi connectivity index (χ4n) is 5.17. The van der Waals surface area contributed by atoms with Crippen molar-refractivity contribution in [1.29, 1.82) is 0 Å². The Morgan fingerprint density at radius 2 is 1.42 bits per heavy atom. The molecule has 6 rings (SSSR count). The maximum atomic E-state index is 12.9. The van der Waals surface area contributed by atoms with E-state index in [0.29, 0.717) is 39.5 Å². The molecular weight excluding hydrogens is 416 g/mol. The van der Waals surface area contributed by atoms with Crippen LogP contribution in [0.4, 0.5) is 4.79 Å². The van der Waals surface area contributed by atoms with Gasteiger partial charge in [0.1, 0.15) is 0 Å². The molecule has 1 fully saturated rings. The number of fused-ring (bicyclic) bond motifs is 2. The van der Waals surface area contributed by atoms with E-state index in [1.165, 1.54) is 38.1 Å². The predicted molar refractivity (Wildman–Crippen MR) is 123 cm³/mol. The first kappa shape index (κ1) is 20.6. The average Bonchev–Trinajstić information content (AvgIpc) is 3.59. The molecule has 3 aromatic rings. The van der Waals surface area contributed by atoms with Gasteiger partial charge >= 0.3 is 6.03 Å². The summed E-state index contributed by atoms with van der Waals surface area (Å²) in [6.45, 7) is 7.66. The van der Waals surface area contributed by atoms with Gasteiger partial charge in [0.25, 0.3) is 0 Å². The number of hydrogen-bond acceptors (Lipinski definition) is 5. The van der Waals surface area contributed by atoms with Crippen LogP contribution >= 0.6 is 0 Å². The SMILES string of the molecule is Cc1cnn(C(=O)N2CCN(C(c3ccc4c(c3)COC4)c3ccc4c(c3)COC4)CC2)c1. The number of aryl methyl sites for hydroxylation is 1. The summed E-state index contributed by atoms with van der Waals surface area (Å²) in [7, 11) is 0. The summed E-state index contributed by atoms with van der Waals surface area (Å²) in [5.41, 5.74) is 8.67. The second-order valence-corrected chi connectivity index (χ2v) is 9.21. The number of hydrogen-bond donors (Lipinski definition) is 0. The molecule has 170 valence electrons. The zero-order valence-corrected chi connectivity index (χ0v) is 18.9. The van der Waals surface area contributed by atoms with E-state index >= 15 is 0 Å². The normalized spacial score (nSPS) is 18.1. The molecule has 1 aromatic heterocycles. The summed E-state index contributed by atoms with van der Waals surface area (Å²) in [6, 6.07) is 13.6. The lowest BCUT2D eigenvalue weighted by Crippen LogP contribution is -2.51. The molecule has 0 saturated carbocycles. The van der Waals surface area contributed by atoms with Gasteiger partial charge in [0, 0.05) is 32.4 Å². The minimum atomic E-state index is -0.0522. The first-order valence-corrected chi connectivity index (χ1v) is 11.6. The number of rotatable bonds is 3. The Balaban J connectivity index is 1.28. The zero-order chi connectivity index (χ0) is 22.4. The van der Waals surface area contributed by atoms with Gasteiger partial charge in [-0.05, 0) is 45.9 Å². The highest BCUT2D eigenvalue weighted by Gasteiger charge is 2.30. The van der Waals surface area contributed by atoms with Gasteiger partial charge in [-0.3, -0.25) is 4.90 Å². The second-order valence-electron chi connectivity index (χ2n) is 9.21. The summed E-state index contributed by atoms with van der Waals surface area (Å²) in [6.07, 6.45) is 3.51. The van der Waals surface area contributed by atoms with Crippen LogP contribution in [-0.2, 0) is 35.9 Å². The van der Waals surface area contributed by atoms with Gasteiger partial charge in [0.2, 0.25) is 0 Å². The maximum absolute atomic E-state index is 12.9. The smallest absolute Gasteiger partial charge is 0.344 e. The summed E-state index contributed by atoms with van der Waals surface area (Å²) < 4.78 is 12.8. The third kappa shape index (κ3) is 3.86. The number of nitrogens with zero attached hydrogens (tertiary/aromatic N) is 4. The van der Waals surface area contributed by atoms with Crippen molar-refractivity contribution in [2.45, 2.75) is 39.4 Å². The van der Waals surface area contributed by atoms with Crippen molar-refractivity contribution in [2.75, 3.05) is 26.2 Å². The molecule has 3 aliphatic heterocycles. The molecule has 0 radical (unpaired) electrons. The van der Waals surface area contributed by atoms with E-state index in [4.69, 9.17) is 9.47 Å². The van der Waals surface area contributed by atoms with Crippen molar-refractivity contribution in [3.63, 3.8) is 0 Å². The van der Waals surface area contributed by atoms with E-state index in [1.54, 1.807) is 12.4 Å². The Morgan fingerprint density at radius 1 is 0.848 bits per heavy atom. The zero-order valence-electron chi connectivity index (χ0n) is 18.9. The molecular formula is C26H28N4O3. The molecule has 3 aliphatic rings. The van der Waals surface area contributed by atoms with Gasteiger partial charge in [-0.25, -0.2) is 4.79 Å². The highest BCUT2D eigenvalue weighted by atomic mass is 16.5. The van der Waals surface area contributed by atoms with Gasteiger partial charge in [-0.15, -0.1) is 0 Å². The molecule has 33 heavy (non-hydrogen) atoms. The van der Waals surface area contributed by atoms with Crippen LogP contribution in [0.5, 0.6) is 0 Å². The van der Waals surface area contributed by atoms with Crippen molar-refractivity contribution in [3.05, 3.63) is 87.7 Å². The fraction of sp³-hybridized carbons (Fsp3) is 0.385. The number of aromatic nitrogens is 2. The number of carbonyl (C=O) groups excluding carboxylic acids is 1. The Hall–Kier alpha value is -3.00. The average molecular weight is 445 g/mol. The predicted octanol–water partition coefficient (Wildman–Crippen LogP) is 3.63. The molecule has 0 unspecified atom stereocenters.